The van der Waals surface area contributed by atoms with E-state index in [1.54, 1.807) is 13.2 Å². The van der Waals surface area contributed by atoms with Crippen LogP contribution in [0.3, 0.4) is 0 Å². The Balaban J connectivity index is 0.00000277. The molecule has 0 radical (unpaired) electrons. The minimum absolute atomic E-state index is 0.141. The summed E-state index contributed by atoms with van der Waals surface area (Å²) in [6.45, 7) is 12.3. The number of aliphatic hydroxyl groups is 2. The van der Waals surface area contributed by atoms with Gasteiger partial charge in [0, 0.05) is 5.56 Å². The second-order valence-electron chi connectivity index (χ2n) is 6.27. The minimum Gasteiger partial charge on any atom is -0.495 e. The molecule has 25 heavy (non-hydrogen) atoms. The Bertz CT molecular complexity index is 482. The molecular weight excluding hydrogens is 314 g/mol. The smallest absolute Gasteiger partial charge is 0.142 e. The second kappa shape index (κ2) is 12.2. The minimum atomic E-state index is -0.646. The highest BCUT2D eigenvalue weighted by Crippen LogP contribution is 2.39. The summed E-state index contributed by atoms with van der Waals surface area (Å²) in [6.07, 6.45) is 2.32. The predicted octanol–water partition coefficient (Wildman–Crippen LogP) is 5.24. The summed E-state index contributed by atoms with van der Waals surface area (Å²) < 4.78 is 5.37. The number of nitrogens with two attached hydrogens (primary N) is 1. The van der Waals surface area contributed by atoms with E-state index in [-0.39, 0.29) is 11.8 Å². The number of rotatable bonds is 9. The Morgan fingerprint density at radius 3 is 1.72 bits per heavy atom. The molecule has 0 aliphatic carbocycles. The number of hydrogen-bond donors (Lipinski definition) is 3. The van der Waals surface area contributed by atoms with Crippen molar-refractivity contribution < 1.29 is 14.9 Å². The van der Waals surface area contributed by atoms with Gasteiger partial charge in [0.25, 0.3) is 0 Å². The normalized spacial score (nSPS) is 13.4. The highest BCUT2D eigenvalue weighted by atomic mass is 16.5. The van der Waals surface area contributed by atoms with Gasteiger partial charge in [-0.25, -0.2) is 0 Å². The summed E-state index contributed by atoms with van der Waals surface area (Å²) >= 11 is 0. The fourth-order valence-corrected chi connectivity index (χ4v) is 3.25. The number of nitrogen functional groups attached to an aromatic ring is 1. The van der Waals surface area contributed by atoms with Crippen molar-refractivity contribution in [2.24, 2.45) is 11.8 Å². The zero-order valence-electron chi connectivity index (χ0n) is 17.2. The van der Waals surface area contributed by atoms with Crippen molar-refractivity contribution >= 4 is 5.69 Å². The fraction of sp³-hybridized carbons (Fsp3) is 0.714. The number of benzene rings is 1. The van der Waals surface area contributed by atoms with E-state index in [4.69, 9.17) is 10.5 Å². The van der Waals surface area contributed by atoms with Gasteiger partial charge in [0.1, 0.15) is 5.75 Å². The molecule has 4 N–H and O–H groups in total. The van der Waals surface area contributed by atoms with Crippen LogP contribution in [0.1, 0.15) is 90.6 Å². The lowest BCUT2D eigenvalue weighted by Crippen LogP contribution is -2.16. The van der Waals surface area contributed by atoms with Crippen molar-refractivity contribution in [3.8, 4) is 5.75 Å². The quantitative estimate of drug-likeness (QED) is 0.530. The summed E-state index contributed by atoms with van der Waals surface area (Å²) in [6, 6.07) is 3.64. The average molecular weight is 354 g/mol. The maximum Gasteiger partial charge on any atom is 0.142 e. The van der Waals surface area contributed by atoms with Crippen molar-refractivity contribution in [1.82, 2.24) is 0 Å². The molecule has 2 atom stereocenters. The summed E-state index contributed by atoms with van der Waals surface area (Å²) in [5.74, 6) is 0.844. The molecule has 0 amide bonds. The summed E-state index contributed by atoms with van der Waals surface area (Å²) in [7, 11) is 1.56. The Hall–Kier alpha value is -1.26. The molecular formula is C21H39NO3. The average Bonchev–Trinajstić information content (AvgIpc) is 2.65. The molecule has 2 unspecified atom stereocenters. The number of methoxy groups -OCH3 is 1. The topological polar surface area (TPSA) is 75.7 Å². The molecule has 1 rings (SSSR count). The van der Waals surface area contributed by atoms with Crippen LogP contribution in [0.4, 0.5) is 5.69 Å². The van der Waals surface area contributed by atoms with Crippen molar-refractivity contribution in [2.75, 3.05) is 12.8 Å². The Kier molecular flexibility index (Phi) is 11.5. The van der Waals surface area contributed by atoms with Crippen LogP contribution in [-0.4, -0.2) is 17.3 Å². The highest BCUT2D eigenvalue weighted by Gasteiger charge is 2.25. The van der Waals surface area contributed by atoms with E-state index < -0.39 is 12.2 Å². The van der Waals surface area contributed by atoms with Gasteiger partial charge in [-0.15, -0.1) is 0 Å². The first-order chi connectivity index (χ1) is 11.9. The zero-order chi connectivity index (χ0) is 19.6. The molecule has 0 aliphatic heterocycles. The molecule has 0 heterocycles. The van der Waals surface area contributed by atoms with Gasteiger partial charge >= 0.3 is 0 Å². The molecule has 0 aliphatic rings. The van der Waals surface area contributed by atoms with Crippen LogP contribution in [0.2, 0.25) is 0 Å². The number of ether oxygens (including phenoxy) is 1. The van der Waals surface area contributed by atoms with Gasteiger partial charge < -0.3 is 20.7 Å². The van der Waals surface area contributed by atoms with Crippen molar-refractivity contribution in [3.63, 3.8) is 0 Å². The van der Waals surface area contributed by atoms with E-state index in [9.17, 15) is 10.2 Å². The van der Waals surface area contributed by atoms with Crippen LogP contribution in [0.25, 0.3) is 0 Å². The van der Waals surface area contributed by atoms with Gasteiger partial charge in [0.2, 0.25) is 0 Å². The lowest BCUT2D eigenvalue weighted by molar-refractivity contribution is 0.0972. The molecule has 0 bridgehead atoms. The van der Waals surface area contributed by atoms with Crippen LogP contribution < -0.4 is 10.5 Å². The molecule has 0 aromatic heterocycles. The summed E-state index contributed by atoms with van der Waals surface area (Å²) in [5, 5.41) is 21.4. The van der Waals surface area contributed by atoms with E-state index in [0.29, 0.717) is 17.0 Å². The largest absolute Gasteiger partial charge is 0.495 e. The third kappa shape index (κ3) is 5.89. The molecule has 4 nitrogen and oxygen atoms in total. The summed E-state index contributed by atoms with van der Waals surface area (Å²) in [5.41, 5.74) is 8.08. The lowest BCUT2D eigenvalue weighted by atomic mass is 9.86. The van der Waals surface area contributed by atoms with E-state index >= 15 is 0 Å². The molecule has 0 spiro atoms. The Morgan fingerprint density at radius 2 is 1.32 bits per heavy atom. The van der Waals surface area contributed by atoms with Crippen molar-refractivity contribution in [2.45, 2.75) is 79.4 Å². The maximum atomic E-state index is 10.7. The molecule has 1 aromatic carbocycles. The van der Waals surface area contributed by atoms with E-state index in [2.05, 4.69) is 27.7 Å². The monoisotopic (exact) mass is 353 g/mol. The molecule has 0 saturated carbocycles. The number of hydrogen-bond acceptors (Lipinski definition) is 4. The third-order valence-corrected chi connectivity index (χ3v) is 5.07. The van der Waals surface area contributed by atoms with Gasteiger partial charge in [-0.3, -0.25) is 0 Å². The van der Waals surface area contributed by atoms with E-state index in [0.717, 1.165) is 31.2 Å². The Morgan fingerprint density at radius 1 is 0.880 bits per heavy atom. The molecule has 0 saturated heterocycles. The first-order valence-corrected chi connectivity index (χ1v) is 9.78. The van der Waals surface area contributed by atoms with Gasteiger partial charge in [0.05, 0.1) is 25.0 Å². The van der Waals surface area contributed by atoms with Crippen LogP contribution in [-0.2, 0) is 0 Å². The Labute approximate surface area is 154 Å². The molecule has 1 aromatic rings. The van der Waals surface area contributed by atoms with E-state index in [1.165, 1.54) is 0 Å². The van der Waals surface area contributed by atoms with Crippen LogP contribution in [0, 0.1) is 11.8 Å². The number of aliphatic hydroxyl groups excluding tert-OH is 2. The number of anilines is 1. The second-order valence-corrected chi connectivity index (χ2v) is 6.27. The van der Waals surface area contributed by atoms with Crippen molar-refractivity contribution in [1.29, 1.82) is 0 Å². The molecule has 146 valence electrons. The zero-order valence-corrected chi connectivity index (χ0v) is 17.2. The predicted molar refractivity (Wildman–Crippen MR) is 107 cm³/mol. The van der Waals surface area contributed by atoms with Crippen LogP contribution >= 0.6 is 0 Å². The van der Waals surface area contributed by atoms with Crippen molar-refractivity contribution in [3.05, 3.63) is 23.3 Å². The van der Waals surface area contributed by atoms with Crippen LogP contribution in [0.15, 0.2) is 12.1 Å². The van der Waals surface area contributed by atoms with Gasteiger partial charge in [-0.05, 0) is 29.5 Å². The van der Waals surface area contributed by atoms with E-state index in [1.807, 2.05) is 19.9 Å². The van der Waals surface area contributed by atoms with Gasteiger partial charge in [0.15, 0.2) is 0 Å². The first kappa shape index (κ1) is 23.7. The highest BCUT2D eigenvalue weighted by molar-refractivity contribution is 5.61. The lowest BCUT2D eigenvalue weighted by Gasteiger charge is -2.26. The third-order valence-electron chi connectivity index (χ3n) is 5.07. The standard InChI is InChI=1S/C19H33NO3.C2H6/c1-6-12(7-2)18(21)14-10-15(17(20)16(11-14)23-5)19(22)13(8-3)9-4;1-2/h10-13,18-19,21-22H,6-9,20H2,1-5H3;1-2H3. The summed E-state index contributed by atoms with van der Waals surface area (Å²) in [4.78, 5) is 0. The fourth-order valence-electron chi connectivity index (χ4n) is 3.25. The maximum absolute atomic E-state index is 10.7. The first-order valence-electron chi connectivity index (χ1n) is 9.78. The SMILES string of the molecule is CC.CCC(CC)C(O)c1cc(OC)c(N)c(C(O)C(CC)CC)c1. The van der Waals surface area contributed by atoms with Gasteiger partial charge in [-0.1, -0.05) is 67.2 Å². The van der Waals surface area contributed by atoms with Gasteiger partial charge in [-0.2, -0.15) is 0 Å². The molecule has 0 fully saturated rings. The molecule has 4 heteroatoms. The van der Waals surface area contributed by atoms with Crippen LogP contribution in [0.5, 0.6) is 5.75 Å².